The van der Waals surface area contributed by atoms with E-state index in [1.54, 1.807) is 6.92 Å². The maximum atomic E-state index is 11.8. The molecule has 1 atom stereocenters. The molecule has 1 saturated heterocycles. The molecule has 0 radical (unpaired) electrons. The van der Waals surface area contributed by atoms with Gasteiger partial charge < -0.3 is 4.90 Å². The number of hydrogen-bond donors (Lipinski definition) is 1. The van der Waals surface area contributed by atoms with Gasteiger partial charge in [0.1, 0.15) is 0 Å². The van der Waals surface area contributed by atoms with Gasteiger partial charge >= 0.3 is 0 Å². The summed E-state index contributed by atoms with van der Waals surface area (Å²) in [4.78, 5) is 12.5. The van der Waals surface area contributed by atoms with Crippen LogP contribution in [0.4, 0.5) is 8.78 Å². The van der Waals surface area contributed by atoms with Crippen molar-refractivity contribution in [3.8, 4) is 0 Å². The first kappa shape index (κ1) is 9.38. The smallest absolute Gasteiger partial charge is 0.240 e. The zero-order valence-electron chi connectivity index (χ0n) is 6.89. The third-order valence-electron chi connectivity index (χ3n) is 1.92. The van der Waals surface area contributed by atoms with E-state index in [1.165, 1.54) is 4.90 Å². The van der Waals surface area contributed by atoms with Crippen LogP contribution in [0.1, 0.15) is 13.3 Å². The predicted octanol–water partition coefficient (Wildman–Crippen LogP) is 0.419. The van der Waals surface area contributed by atoms with Gasteiger partial charge in [-0.05, 0) is 6.92 Å². The summed E-state index contributed by atoms with van der Waals surface area (Å²) in [5, 5.41) is 2.87. The normalized spacial score (nSPS) is 24.2. The van der Waals surface area contributed by atoms with Crippen molar-refractivity contribution in [1.29, 1.82) is 0 Å². The second-order valence-electron chi connectivity index (χ2n) is 2.82. The lowest BCUT2D eigenvalue weighted by Crippen LogP contribution is -2.36. The molecule has 0 bridgehead atoms. The van der Waals surface area contributed by atoms with E-state index >= 15 is 0 Å². The number of carbonyl (C=O) groups excluding carboxylic acids is 1. The molecular formula is C7H12F2N2O. The first-order valence-corrected chi connectivity index (χ1v) is 3.92. The Labute approximate surface area is 69.7 Å². The fourth-order valence-corrected chi connectivity index (χ4v) is 1.22. The number of rotatable bonds is 3. The molecule has 0 aromatic carbocycles. The highest BCUT2D eigenvalue weighted by Crippen LogP contribution is 2.08. The van der Waals surface area contributed by atoms with Crippen LogP contribution in [0.15, 0.2) is 0 Å². The molecule has 70 valence electrons. The Hall–Kier alpha value is -0.710. The van der Waals surface area contributed by atoms with Crippen LogP contribution in [0.5, 0.6) is 0 Å². The SMILES string of the molecule is CC1NCC(=O)N1CCC(F)F. The van der Waals surface area contributed by atoms with Crippen molar-refractivity contribution < 1.29 is 13.6 Å². The summed E-state index contributed by atoms with van der Waals surface area (Å²) in [6.07, 6.45) is -2.67. The Morgan fingerprint density at radius 3 is 2.83 bits per heavy atom. The van der Waals surface area contributed by atoms with Crippen LogP contribution >= 0.6 is 0 Å². The number of alkyl halides is 2. The average molecular weight is 178 g/mol. The van der Waals surface area contributed by atoms with Crippen molar-refractivity contribution in [1.82, 2.24) is 10.2 Å². The van der Waals surface area contributed by atoms with Crippen LogP contribution in [0.2, 0.25) is 0 Å². The van der Waals surface area contributed by atoms with Gasteiger partial charge in [-0.2, -0.15) is 0 Å². The molecule has 0 aromatic heterocycles. The number of nitrogens with one attached hydrogen (secondary N) is 1. The maximum Gasteiger partial charge on any atom is 0.240 e. The molecule has 0 aliphatic carbocycles. The minimum atomic E-state index is -2.33. The summed E-state index contributed by atoms with van der Waals surface area (Å²) >= 11 is 0. The minimum Gasteiger partial charge on any atom is -0.326 e. The Kier molecular flexibility index (Phi) is 2.97. The molecule has 1 N–H and O–H groups in total. The highest BCUT2D eigenvalue weighted by Gasteiger charge is 2.26. The number of halogens is 2. The molecule has 1 unspecified atom stereocenters. The van der Waals surface area contributed by atoms with E-state index in [2.05, 4.69) is 5.32 Å². The zero-order valence-corrected chi connectivity index (χ0v) is 6.89. The van der Waals surface area contributed by atoms with Gasteiger partial charge in [-0.15, -0.1) is 0 Å². The second-order valence-corrected chi connectivity index (χ2v) is 2.82. The van der Waals surface area contributed by atoms with E-state index in [0.29, 0.717) is 0 Å². The van der Waals surface area contributed by atoms with Crippen LogP contribution in [0.25, 0.3) is 0 Å². The van der Waals surface area contributed by atoms with Gasteiger partial charge in [0.2, 0.25) is 12.3 Å². The van der Waals surface area contributed by atoms with Crippen LogP contribution in [0, 0.1) is 0 Å². The lowest BCUT2D eigenvalue weighted by atomic mass is 10.4. The summed E-state index contributed by atoms with van der Waals surface area (Å²) in [5.41, 5.74) is 0. The number of carbonyl (C=O) groups is 1. The van der Waals surface area contributed by atoms with Gasteiger partial charge in [0.25, 0.3) is 0 Å². The molecule has 1 aliphatic heterocycles. The molecule has 0 spiro atoms. The molecule has 5 heteroatoms. The van der Waals surface area contributed by atoms with Gasteiger partial charge in [0.15, 0.2) is 0 Å². The quantitative estimate of drug-likeness (QED) is 0.679. The van der Waals surface area contributed by atoms with Gasteiger partial charge in [0.05, 0.1) is 12.7 Å². The molecule has 1 heterocycles. The fraction of sp³-hybridized carbons (Fsp3) is 0.857. The maximum absolute atomic E-state index is 11.8. The molecular weight excluding hydrogens is 166 g/mol. The molecule has 12 heavy (non-hydrogen) atoms. The van der Waals surface area contributed by atoms with Crippen LogP contribution in [-0.4, -0.2) is 36.5 Å². The third kappa shape index (κ3) is 2.14. The number of amides is 1. The summed E-state index contributed by atoms with van der Waals surface area (Å²) in [6.45, 7) is 2.20. The predicted molar refractivity (Wildman–Crippen MR) is 39.8 cm³/mol. The lowest BCUT2D eigenvalue weighted by molar-refractivity contribution is -0.128. The van der Waals surface area contributed by atoms with E-state index in [0.717, 1.165) is 0 Å². The van der Waals surface area contributed by atoms with E-state index in [-0.39, 0.29) is 31.6 Å². The number of nitrogens with zero attached hydrogens (tertiary/aromatic N) is 1. The third-order valence-corrected chi connectivity index (χ3v) is 1.92. The van der Waals surface area contributed by atoms with Crippen molar-refractivity contribution in [2.75, 3.05) is 13.1 Å². The summed E-state index contributed by atoms with van der Waals surface area (Å²) in [7, 11) is 0. The van der Waals surface area contributed by atoms with Crippen molar-refractivity contribution in [3.63, 3.8) is 0 Å². The minimum absolute atomic E-state index is 0.0943. The summed E-state index contributed by atoms with van der Waals surface area (Å²) < 4.78 is 23.6. The van der Waals surface area contributed by atoms with Crippen molar-refractivity contribution in [3.05, 3.63) is 0 Å². The van der Waals surface area contributed by atoms with Crippen LogP contribution < -0.4 is 5.32 Å². The van der Waals surface area contributed by atoms with Crippen molar-refractivity contribution >= 4 is 5.91 Å². The van der Waals surface area contributed by atoms with E-state index in [1.807, 2.05) is 0 Å². The highest BCUT2D eigenvalue weighted by molar-refractivity contribution is 5.80. The molecule has 1 rings (SSSR count). The molecule has 1 aliphatic rings. The molecule has 3 nitrogen and oxygen atoms in total. The van der Waals surface area contributed by atoms with Gasteiger partial charge in [-0.3, -0.25) is 10.1 Å². The zero-order chi connectivity index (χ0) is 9.14. The fourth-order valence-electron chi connectivity index (χ4n) is 1.22. The topological polar surface area (TPSA) is 32.3 Å². The standard InChI is InChI=1S/C7H12F2N2O/c1-5-10-4-7(12)11(5)3-2-6(8)9/h5-6,10H,2-4H2,1H3. The molecule has 0 aromatic rings. The lowest BCUT2D eigenvalue weighted by Gasteiger charge is -2.20. The number of hydrogen-bond acceptors (Lipinski definition) is 2. The molecule has 0 saturated carbocycles. The van der Waals surface area contributed by atoms with Crippen LogP contribution in [0.3, 0.4) is 0 Å². The largest absolute Gasteiger partial charge is 0.326 e. The van der Waals surface area contributed by atoms with Gasteiger partial charge in [-0.25, -0.2) is 8.78 Å². The average Bonchev–Trinajstić information content (AvgIpc) is 2.28. The van der Waals surface area contributed by atoms with E-state index in [4.69, 9.17) is 0 Å². The molecule has 1 fully saturated rings. The second kappa shape index (κ2) is 3.80. The van der Waals surface area contributed by atoms with Crippen molar-refractivity contribution in [2.24, 2.45) is 0 Å². The summed E-state index contributed by atoms with van der Waals surface area (Å²) in [6, 6.07) is 0. The summed E-state index contributed by atoms with van der Waals surface area (Å²) in [5.74, 6) is -0.0943. The Bertz CT molecular complexity index is 175. The van der Waals surface area contributed by atoms with Gasteiger partial charge in [-0.1, -0.05) is 0 Å². The Morgan fingerprint density at radius 2 is 2.42 bits per heavy atom. The Balaban J connectivity index is 2.34. The van der Waals surface area contributed by atoms with Crippen LogP contribution in [-0.2, 0) is 4.79 Å². The monoisotopic (exact) mass is 178 g/mol. The first-order chi connectivity index (χ1) is 5.61. The highest BCUT2D eigenvalue weighted by atomic mass is 19.3. The Morgan fingerprint density at radius 1 is 1.75 bits per heavy atom. The van der Waals surface area contributed by atoms with E-state index in [9.17, 15) is 13.6 Å². The first-order valence-electron chi connectivity index (χ1n) is 3.92. The van der Waals surface area contributed by atoms with Gasteiger partial charge in [0, 0.05) is 13.0 Å². The van der Waals surface area contributed by atoms with E-state index < -0.39 is 6.43 Å². The van der Waals surface area contributed by atoms with Crippen molar-refractivity contribution in [2.45, 2.75) is 25.9 Å². The molecule has 1 amide bonds.